The number of nitrogens with zero attached hydrogens (tertiary/aromatic N) is 4. The Kier molecular flexibility index (Phi) is 8.98. The zero-order chi connectivity index (χ0) is 20.0. The van der Waals surface area contributed by atoms with E-state index in [1.807, 2.05) is 4.52 Å². The number of ether oxygens (including phenoxy) is 1. The number of methoxy groups -OCH3 is 1. The summed E-state index contributed by atoms with van der Waals surface area (Å²) in [6, 6.07) is 6.52. The number of aryl methyl sites for hydroxylation is 1. The molecule has 0 spiro atoms. The first-order valence-corrected chi connectivity index (χ1v) is 10.6. The molecule has 1 fully saturated rings. The number of rotatable bonds is 4. The number of aromatic nitrogens is 3. The van der Waals surface area contributed by atoms with Crippen molar-refractivity contribution >= 4 is 70.0 Å². The summed E-state index contributed by atoms with van der Waals surface area (Å²) >= 11 is 1.73. The second-order valence-electron chi connectivity index (χ2n) is 7.49. The Labute approximate surface area is 209 Å². The molecule has 32 heavy (non-hydrogen) atoms. The summed E-state index contributed by atoms with van der Waals surface area (Å²) in [7, 11) is 1.73. The molecule has 3 N–H and O–H groups in total. The van der Waals surface area contributed by atoms with Crippen molar-refractivity contribution in [3.8, 4) is 16.2 Å². The van der Waals surface area contributed by atoms with Gasteiger partial charge in [0, 0.05) is 49.4 Å². The number of thiophene rings is 1. The van der Waals surface area contributed by atoms with E-state index in [0.29, 0.717) is 5.82 Å². The Morgan fingerprint density at radius 1 is 1.16 bits per heavy atom. The molecule has 5 rings (SSSR count). The third-order valence-electron chi connectivity index (χ3n) is 5.48. The minimum atomic E-state index is 0. The summed E-state index contributed by atoms with van der Waals surface area (Å²) in [5.74, 6) is 1.41. The van der Waals surface area contributed by atoms with E-state index >= 15 is 0 Å². The monoisotopic (exact) mass is 516 g/mol. The fraction of sp³-hybridized carbons (Fsp3) is 0.333. The zero-order valence-corrected chi connectivity index (χ0v) is 21.1. The Morgan fingerprint density at radius 3 is 2.62 bits per heavy atom. The molecule has 1 saturated heterocycles. The number of nitrogens with two attached hydrogens (primary N) is 1. The smallest absolute Gasteiger partial charge is 0.152 e. The lowest BCUT2D eigenvalue weighted by Crippen LogP contribution is -2.42. The highest BCUT2D eigenvalue weighted by atomic mass is 35.5. The van der Waals surface area contributed by atoms with Gasteiger partial charge in [-0.1, -0.05) is 6.07 Å². The summed E-state index contributed by atoms with van der Waals surface area (Å²) < 4.78 is 8.65. The SMILES string of the molecule is COc1cc(C)cc2cc(-c3c(CN4CCNCC4)cn4ncnc(N)c34)sc12.Cl.Cl.Cl. The molecule has 1 aliphatic rings. The third kappa shape index (κ3) is 4.76. The van der Waals surface area contributed by atoms with Crippen LogP contribution in [0.1, 0.15) is 11.1 Å². The van der Waals surface area contributed by atoms with E-state index in [2.05, 4.69) is 51.6 Å². The van der Waals surface area contributed by atoms with E-state index in [-0.39, 0.29) is 37.2 Å². The maximum atomic E-state index is 6.30. The topological polar surface area (TPSA) is 80.7 Å². The second-order valence-corrected chi connectivity index (χ2v) is 8.54. The number of fused-ring (bicyclic) bond motifs is 2. The molecule has 0 unspecified atom stereocenters. The van der Waals surface area contributed by atoms with Gasteiger partial charge < -0.3 is 15.8 Å². The third-order valence-corrected chi connectivity index (χ3v) is 6.66. The average Bonchev–Trinajstić information content (AvgIpc) is 3.29. The molecule has 0 atom stereocenters. The summed E-state index contributed by atoms with van der Waals surface area (Å²) in [5, 5.41) is 9.02. The van der Waals surface area contributed by atoms with Crippen LogP contribution in [0.25, 0.3) is 26.0 Å². The van der Waals surface area contributed by atoms with Gasteiger partial charge in [-0.3, -0.25) is 4.90 Å². The van der Waals surface area contributed by atoms with Crippen LogP contribution >= 0.6 is 48.6 Å². The molecule has 4 heterocycles. The van der Waals surface area contributed by atoms with E-state index in [1.54, 1.807) is 18.4 Å². The number of hydrogen-bond acceptors (Lipinski definition) is 7. The second kappa shape index (κ2) is 10.9. The van der Waals surface area contributed by atoms with Crippen LogP contribution in [0, 0.1) is 6.92 Å². The molecule has 174 valence electrons. The Bertz CT molecular complexity index is 1210. The van der Waals surface area contributed by atoms with Crippen molar-refractivity contribution in [1.29, 1.82) is 0 Å². The maximum absolute atomic E-state index is 6.30. The van der Waals surface area contributed by atoms with Crippen molar-refractivity contribution in [1.82, 2.24) is 24.8 Å². The zero-order valence-electron chi connectivity index (χ0n) is 17.8. The van der Waals surface area contributed by atoms with Crippen LogP contribution in [0.4, 0.5) is 5.82 Å². The van der Waals surface area contributed by atoms with Gasteiger partial charge in [-0.25, -0.2) is 9.50 Å². The van der Waals surface area contributed by atoms with Gasteiger partial charge in [0.25, 0.3) is 0 Å². The van der Waals surface area contributed by atoms with Crippen molar-refractivity contribution in [3.05, 3.63) is 41.9 Å². The van der Waals surface area contributed by atoms with E-state index in [0.717, 1.165) is 59.1 Å². The van der Waals surface area contributed by atoms with Gasteiger partial charge in [-0.2, -0.15) is 5.10 Å². The molecular weight excluding hydrogens is 491 g/mol. The van der Waals surface area contributed by atoms with Crippen molar-refractivity contribution in [3.63, 3.8) is 0 Å². The van der Waals surface area contributed by atoms with Crippen LogP contribution in [0.5, 0.6) is 5.75 Å². The molecule has 7 nitrogen and oxygen atoms in total. The number of hydrogen-bond donors (Lipinski definition) is 2. The van der Waals surface area contributed by atoms with E-state index in [4.69, 9.17) is 10.5 Å². The molecule has 0 aliphatic carbocycles. The van der Waals surface area contributed by atoms with Crippen LogP contribution < -0.4 is 15.8 Å². The Hall–Kier alpha value is -1.81. The number of piperazine rings is 1. The van der Waals surface area contributed by atoms with E-state index in [1.165, 1.54) is 22.8 Å². The van der Waals surface area contributed by atoms with E-state index in [9.17, 15) is 0 Å². The van der Waals surface area contributed by atoms with Gasteiger partial charge in [-0.15, -0.1) is 48.6 Å². The van der Waals surface area contributed by atoms with Gasteiger partial charge >= 0.3 is 0 Å². The lowest BCUT2D eigenvalue weighted by atomic mass is 10.1. The van der Waals surface area contributed by atoms with Crippen LogP contribution in [0.3, 0.4) is 0 Å². The molecule has 0 bridgehead atoms. The average molecular weight is 518 g/mol. The maximum Gasteiger partial charge on any atom is 0.152 e. The van der Waals surface area contributed by atoms with Crippen LogP contribution in [0.2, 0.25) is 0 Å². The van der Waals surface area contributed by atoms with Crippen LogP contribution in [0.15, 0.2) is 30.7 Å². The number of benzene rings is 1. The predicted molar refractivity (Wildman–Crippen MR) is 139 cm³/mol. The normalized spacial score (nSPS) is 13.9. The highest BCUT2D eigenvalue weighted by molar-refractivity contribution is 7.22. The largest absolute Gasteiger partial charge is 0.495 e. The summed E-state index contributed by atoms with van der Waals surface area (Å²) in [4.78, 5) is 7.89. The molecule has 1 aliphatic heterocycles. The standard InChI is InChI=1S/C21H24N6OS.3ClH/c1-13-7-14-9-17(29-20(14)16(8-13)28-2)18-15(10-26-5-3-23-4-6-26)11-27-19(18)21(22)24-12-25-27;;;/h7-9,11-12,23H,3-6,10H2,1-2H3,(H2,22,24,25);3*1H. The fourth-order valence-electron chi connectivity index (χ4n) is 4.13. The molecule has 0 amide bonds. The Morgan fingerprint density at radius 2 is 1.91 bits per heavy atom. The quantitative estimate of drug-likeness (QED) is 0.423. The first-order chi connectivity index (χ1) is 14.1. The number of halogens is 3. The molecule has 1 aromatic carbocycles. The Balaban J connectivity index is 0.00000121. The van der Waals surface area contributed by atoms with Crippen LogP contribution in [-0.4, -0.2) is 52.8 Å². The minimum Gasteiger partial charge on any atom is -0.495 e. The highest BCUT2D eigenvalue weighted by Crippen LogP contribution is 2.43. The number of nitrogen functional groups attached to an aromatic ring is 1. The van der Waals surface area contributed by atoms with Crippen molar-refractivity contribution in [2.75, 3.05) is 39.0 Å². The molecule has 0 radical (unpaired) electrons. The first-order valence-electron chi connectivity index (χ1n) is 9.76. The van der Waals surface area contributed by atoms with E-state index < -0.39 is 0 Å². The fourth-order valence-corrected chi connectivity index (χ4v) is 5.34. The molecule has 3 aromatic heterocycles. The molecule has 0 saturated carbocycles. The van der Waals surface area contributed by atoms with Crippen LogP contribution in [-0.2, 0) is 6.54 Å². The van der Waals surface area contributed by atoms with Gasteiger partial charge in [0.15, 0.2) is 5.82 Å². The molecule has 4 aromatic rings. The van der Waals surface area contributed by atoms with Crippen molar-refractivity contribution in [2.45, 2.75) is 13.5 Å². The van der Waals surface area contributed by atoms with Gasteiger partial charge in [-0.05, 0) is 35.6 Å². The summed E-state index contributed by atoms with van der Waals surface area (Å²) in [5.41, 5.74) is 10.7. The number of nitrogens with one attached hydrogen (secondary N) is 1. The summed E-state index contributed by atoms with van der Waals surface area (Å²) in [6.45, 7) is 7.06. The van der Waals surface area contributed by atoms with Gasteiger partial charge in [0.2, 0.25) is 0 Å². The first kappa shape index (κ1) is 26.4. The lowest BCUT2D eigenvalue weighted by molar-refractivity contribution is 0.233. The summed E-state index contributed by atoms with van der Waals surface area (Å²) in [6.07, 6.45) is 3.61. The van der Waals surface area contributed by atoms with Crippen molar-refractivity contribution in [2.24, 2.45) is 0 Å². The van der Waals surface area contributed by atoms with Gasteiger partial charge in [0.05, 0.1) is 11.8 Å². The molecule has 11 heteroatoms. The number of anilines is 1. The highest BCUT2D eigenvalue weighted by Gasteiger charge is 2.22. The van der Waals surface area contributed by atoms with Gasteiger partial charge in [0.1, 0.15) is 17.6 Å². The predicted octanol–water partition coefficient (Wildman–Crippen LogP) is 4.18. The minimum absolute atomic E-state index is 0. The lowest BCUT2D eigenvalue weighted by Gasteiger charge is -2.27. The molecular formula is C21H27Cl3N6OS. The van der Waals surface area contributed by atoms with Crippen molar-refractivity contribution < 1.29 is 4.74 Å².